The van der Waals surface area contributed by atoms with Crippen molar-refractivity contribution in [1.29, 1.82) is 5.26 Å². The van der Waals surface area contributed by atoms with Crippen LogP contribution < -0.4 is 5.32 Å². The number of fused-ring (bicyclic) bond motifs is 5. The molecule has 5 aliphatic heterocycles. The SMILES string of the molecule is CCC1=C(C)C2=NC1=CC1=C(C)C3=C(O)CC(=C4NC(=CC5=NC(=C2)C(/C=C/C(C#N)=C(OC)c2ccco2)=C5C)[C@@H](C)[C@@H]4CCC(=O)OC)C3=N1. The number of allylic oxidation sites excluding steroid dienone is 14. The summed E-state index contributed by atoms with van der Waals surface area (Å²) in [5, 5.41) is 25.2. The minimum Gasteiger partial charge on any atom is -0.511 e. The van der Waals surface area contributed by atoms with E-state index in [0.29, 0.717) is 41.4 Å². The molecule has 1 aliphatic carbocycles. The van der Waals surface area contributed by atoms with Crippen LogP contribution in [0.3, 0.4) is 0 Å². The summed E-state index contributed by atoms with van der Waals surface area (Å²) in [4.78, 5) is 27.8. The van der Waals surface area contributed by atoms with E-state index in [4.69, 9.17) is 28.9 Å². The molecule has 0 aromatic carbocycles. The minimum absolute atomic E-state index is 0.00226. The average Bonchev–Trinajstić information content (AvgIpc) is 3.98. The van der Waals surface area contributed by atoms with Crippen molar-refractivity contribution < 1.29 is 23.8 Å². The van der Waals surface area contributed by atoms with Crippen LogP contribution in [0, 0.1) is 23.2 Å². The summed E-state index contributed by atoms with van der Waals surface area (Å²) < 4.78 is 16.1. The Morgan fingerprint density at radius 1 is 1.08 bits per heavy atom. The molecule has 0 spiro atoms. The molecule has 1 aromatic heterocycles. The third-order valence-corrected chi connectivity index (χ3v) is 10.7. The molecule has 1 saturated heterocycles. The zero-order valence-electron chi connectivity index (χ0n) is 30.5. The maximum atomic E-state index is 12.4. The first-order valence-electron chi connectivity index (χ1n) is 17.5. The predicted octanol–water partition coefficient (Wildman–Crippen LogP) is 8.34. The number of carbonyl (C=O) groups excluding carboxylic acids is 1. The summed E-state index contributed by atoms with van der Waals surface area (Å²) in [7, 11) is 2.92. The van der Waals surface area contributed by atoms with Gasteiger partial charge >= 0.3 is 5.97 Å². The number of rotatable bonds is 8. The number of nitriles is 1. The van der Waals surface area contributed by atoms with E-state index in [9.17, 15) is 15.2 Å². The van der Waals surface area contributed by atoms with Crippen molar-refractivity contribution in [3.8, 4) is 6.07 Å². The summed E-state index contributed by atoms with van der Waals surface area (Å²) in [5.41, 5.74) is 13.4. The van der Waals surface area contributed by atoms with Gasteiger partial charge in [-0.15, -0.1) is 0 Å². The number of hydrogen-bond acceptors (Lipinski definition) is 10. The molecule has 52 heavy (non-hydrogen) atoms. The highest BCUT2D eigenvalue weighted by Crippen LogP contribution is 2.46. The van der Waals surface area contributed by atoms with E-state index in [1.54, 1.807) is 18.2 Å². The van der Waals surface area contributed by atoms with Gasteiger partial charge in [-0.05, 0) is 92.3 Å². The molecule has 0 saturated carbocycles. The molecule has 7 rings (SSSR count). The smallest absolute Gasteiger partial charge is 0.305 e. The van der Waals surface area contributed by atoms with E-state index in [0.717, 1.165) is 85.4 Å². The highest BCUT2D eigenvalue weighted by Gasteiger charge is 2.41. The largest absolute Gasteiger partial charge is 0.511 e. The Morgan fingerprint density at radius 2 is 1.85 bits per heavy atom. The second kappa shape index (κ2) is 13.6. The zero-order chi connectivity index (χ0) is 36.8. The first-order chi connectivity index (χ1) is 25.1. The molecule has 6 aliphatic rings. The second-order valence-electron chi connectivity index (χ2n) is 13.5. The highest BCUT2D eigenvalue weighted by atomic mass is 16.5. The van der Waals surface area contributed by atoms with Gasteiger partial charge in [-0.2, -0.15) is 5.26 Å². The number of nitrogens with zero attached hydrogens (tertiary/aromatic N) is 4. The van der Waals surface area contributed by atoms with Crippen molar-refractivity contribution in [1.82, 2.24) is 5.32 Å². The number of methoxy groups -OCH3 is 2. The van der Waals surface area contributed by atoms with E-state index in [1.165, 1.54) is 20.5 Å². The van der Waals surface area contributed by atoms with Crippen molar-refractivity contribution >= 4 is 28.9 Å². The highest BCUT2D eigenvalue weighted by molar-refractivity contribution is 6.21. The maximum Gasteiger partial charge on any atom is 0.305 e. The Hall–Kier alpha value is -5.95. The van der Waals surface area contributed by atoms with Crippen LogP contribution >= 0.6 is 0 Å². The van der Waals surface area contributed by atoms with Crippen LogP contribution in [0.2, 0.25) is 0 Å². The monoisotopic (exact) mass is 695 g/mol. The quantitative estimate of drug-likeness (QED) is 0.121. The molecule has 0 amide bonds. The van der Waals surface area contributed by atoms with E-state index < -0.39 is 0 Å². The van der Waals surface area contributed by atoms with E-state index in [2.05, 4.69) is 38.2 Å². The van der Waals surface area contributed by atoms with Gasteiger partial charge in [-0.1, -0.05) is 19.9 Å². The lowest BCUT2D eigenvalue weighted by Gasteiger charge is -2.17. The molecule has 10 nitrogen and oxygen atoms in total. The number of aliphatic imine (C=N–C) groups is 3. The molecular weight excluding hydrogens is 654 g/mol. The number of aliphatic hydroxyl groups excluding tert-OH is 1. The molecule has 8 bridgehead atoms. The second-order valence-corrected chi connectivity index (χ2v) is 13.5. The molecular formula is C42H41N5O5. The summed E-state index contributed by atoms with van der Waals surface area (Å²) in [6.45, 7) is 10.4. The van der Waals surface area contributed by atoms with Gasteiger partial charge in [0.25, 0.3) is 0 Å². The Labute approximate surface area is 303 Å². The van der Waals surface area contributed by atoms with Gasteiger partial charge in [0.15, 0.2) is 11.5 Å². The van der Waals surface area contributed by atoms with E-state index in [-0.39, 0.29) is 24.2 Å². The molecule has 0 radical (unpaired) electrons. The molecule has 2 N–H and O–H groups in total. The lowest BCUT2D eigenvalue weighted by molar-refractivity contribution is -0.140. The molecule has 6 heterocycles. The number of furan rings is 1. The van der Waals surface area contributed by atoms with Crippen LogP contribution in [0.15, 0.2) is 147 Å². The Kier molecular flexibility index (Phi) is 9.05. The van der Waals surface area contributed by atoms with E-state index in [1.807, 2.05) is 32.1 Å². The fourth-order valence-corrected chi connectivity index (χ4v) is 7.79. The third kappa shape index (κ3) is 5.76. The van der Waals surface area contributed by atoms with Crippen molar-refractivity contribution in [2.75, 3.05) is 14.2 Å². The summed E-state index contributed by atoms with van der Waals surface area (Å²) in [6.07, 6.45) is 13.2. The number of esters is 1. The van der Waals surface area contributed by atoms with Gasteiger partial charge in [-0.3, -0.25) is 4.79 Å². The summed E-state index contributed by atoms with van der Waals surface area (Å²) >= 11 is 0. The van der Waals surface area contributed by atoms with Crippen molar-refractivity contribution in [2.45, 2.75) is 60.3 Å². The molecule has 264 valence electrons. The number of nitrogens with one attached hydrogen (secondary N) is 1. The number of aliphatic hydroxyl groups is 1. The molecule has 2 atom stereocenters. The minimum atomic E-state index is -0.268. The predicted molar refractivity (Wildman–Crippen MR) is 201 cm³/mol. The van der Waals surface area contributed by atoms with E-state index >= 15 is 0 Å². The van der Waals surface area contributed by atoms with Crippen LogP contribution in [-0.4, -0.2) is 42.4 Å². The standard InChI is InChI=1S/C42H41N5O5/c1-8-26-21(2)31-18-35-27(12-11-25(20-43)42(51-7)37-10-9-15-52-37)22(3)30(45-35)17-32-23(4)28(13-14-38(49)50-6)40(46-32)29-16-36(48)39-24(5)33(47-41(29)39)19-34(26)44-31/h9-12,15,17-19,23,28,46,48H,8,13-14,16H2,1-7H3/b12-11+,32-17?,34-19?,35-18?,40-29?,42-25?/t23-,28-/m0/s1. The number of ether oxygens (including phenoxy) is 2. The normalized spacial score (nSPS) is 22.7. The first kappa shape index (κ1) is 34.5. The van der Waals surface area contributed by atoms with Crippen molar-refractivity contribution in [3.05, 3.63) is 133 Å². The topological polar surface area (TPSA) is 142 Å². The molecule has 1 aromatic rings. The third-order valence-electron chi connectivity index (χ3n) is 10.7. The molecule has 1 fully saturated rings. The van der Waals surface area contributed by atoms with Gasteiger partial charge in [0, 0.05) is 52.8 Å². The zero-order valence-corrected chi connectivity index (χ0v) is 30.5. The molecule has 0 unspecified atom stereocenters. The van der Waals surface area contributed by atoms with Gasteiger partial charge < -0.3 is 24.3 Å². The average molecular weight is 696 g/mol. The lowest BCUT2D eigenvalue weighted by Crippen LogP contribution is -2.16. The van der Waals surface area contributed by atoms with Gasteiger partial charge in [-0.25, -0.2) is 15.0 Å². The maximum absolute atomic E-state index is 12.4. The Bertz CT molecular complexity index is 2260. The summed E-state index contributed by atoms with van der Waals surface area (Å²) in [6, 6.07) is 5.75. The van der Waals surface area contributed by atoms with Gasteiger partial charge in [0.1, 0.15) is 11.8 Å². The fraction of sp³-hybridized carbons (Fsp3) is 0.310. The lowest BCUT2D eigenvalue weighted by atomic mass is 9.86. The summed E-state index contributed by atoms with van der Waals surface area (Å²) in [5.74, 6) is 0.764. The van der Waals surface area contributed by atoms with Crippen LogP contribution in [0.5, 0.6) is 0 Å². The first-order valence-corrected chi connectivity index (χ1v) is 17.5. The van der Waals surface area contributed by atoms with Crippen LogP contribution in [-0.2, 0) is 14.3 Å². The van der Waals surface area contributed by atoms with Crippen molar-refractivity contribution in [3.63, 3.8) is 0 Å². The van der Waals surface area contributed by atoms with Crippen LogP contribution in [0.25, 0.3) is 5.76 Å². The van der Waals surface area contributed by atoms with Gasteiger partial charge in [0.2, 0.25) is 0 Å². The van der Waals surface area contributed by atoms with Gasteiger partial charge in [0.05, 0.1) is 60.3 Å². The van der Waals surface area contributed by atoms with Crippen molar-refractivity contribution in [2.24, 2.45) is 26.8 Å². The molecule has 10 heteroatoms. The number of hydrogen-bond donors (Lipinski definition) is 2. The Morgan fingerprint density at radius 3 is 2.54 bits per heavy atom. The van der Waals surface area contributed by atoms with Crippen LogP contribution in [0.4, 0.5) is 0 Å². The van der Waals surface area contributed by atoms with Crippen LogP contribution in [0.1, 0.15) is 66.1 Å². The fourth-order valence-electron chi connectivity index (χ4n) is 7.79. The number of carbonyl (C=O) groups is 1. The Balaban J connectivity index is 1.43.